The van der Waals surface area contributed by atoms with E-state index in [0.29, 0.717) is 5.82 Å². The van der Waals surface area contributed by atoms with E-state index in [1.165, 1.54) is 7.11 Å². The number of imide groups is 1. The van der Waals surface area contributed by atoms with E-state index in [-0.39, 0.29) is 37.3 Å². The second-order valence-corrected chi connectivity index (χ2v) is 4.88. The third-order valence-corrected chi connectivity index (χ3v) is 2.80. The molecule has 1 aliphatic heterocycles. The molecule has 0 aromatic carbocycles. The Morgan fingerprint density at radius 3 is 2.72 bits per heavy atom. The van der Waals surface area contributed by atoms with E-state index in [1.807, 2.05) is 0 Å². The van der Waals surface area contributed by atoms with Crippen molar-refractivity contribution in [3.8, 4) is 0 Å². The van der Waals surface area contributed by atoms with Crippen molar-refractivity contribution in [2.24, 2.45) is 5.41 Å². The number of methoxy groups -OCH3 is 1. The molecule has 2 amide bonds. The molecule has 0 spiro atoms. The van der Waals surface area contributed by atoms with Gasteiger partial charge in [0.15, 0.2) is 5.82 Å². The number of hydrogen-bond acceptors (Lipinski definition) is 6. The fourth-order valence-corrected chi connectivity index (χ4v) is 1.87. The summed E-state index contributed by atoms with van der Waals surface area (Å²) in [4.78, 5) is 28.9. The molecule has 0 aliphatic carbocycles. The van der Waals surface area contributed by atoms with Crippen molar-refractivity contribution in [2.75, 3.05) is 7.11 Å². The van der Waals surface area contributed by atoms with Crippen LogP contribution in [0, 0.1) is 5.41 Å². The maximum atomic E-state index is 12.0. The summed E-state index contributed by atoms with van der Waals surface area (Å²) in [5.74, 6) is 0.211. The minimum Gasteiger partial charge on any atom is -0.377 e. The van der Waals surface area contributed by atoms with Gasteiger partial charge < -0.3 is 9.26 Å². The van der Waals surface area contributed by atoms with Crippen LogP contribution in [0.25, 0.3) is 0 Å². The minimum absolute atomic E-state index is 0.0256. The Bertz CT molecular complexity index is 480. The van der Waals surface area contributed by atoms with Crippen LogP contribution in [0.5, 0.6) is 0 Å². The third kappa shape index (κ3) is 2.26. The Hall–Kier alpha value is -1.76. The molecular formula is C11H15N3O4. The summed E-state index contributed by atoms with van der Waals surface area (Å²) in [5.41, 5.74) is -0.646. The molecule has 2 heterocycles. The summed E-state index contributed by atoms with van der Waals surface area (Å²) in [5, 5.41) is 3.67. The molecule has 7 nitrogen and oxygen atoms in total. The van der Waals surface area contributed by atoms with Crippen LogP contribution < -0.4 is 0 Å². The van der Waals surface area contributed by atoms with E-state index < -0.39 is 5.41 Å². The smallest absolute Gasteiger partial charge is 0.246 e. The maximum absolute atomic E-state index is 12.0. The summed E-state index contributed by atoms with van der Waals surface area (Å²) in [7, 11) is 1.52. The predicted octanol–water partition coefficient (Wildman–Crippen LogP) is 0.501. The Morgan fingerprint density at radius 1 is 1.44 bits per heavy atom. The van der Waals surface area contributed by atoms with Gasteiger partial charge in [-0.15, -0.1) is 0 Å². The lowest BCUT2D eigenvalue weighted by molar-refractivity contribution is -0.141. The first-order chi connectivity index (χ1) is 8.44. The van der Waals surface area contributed by atoms with Gasteiger partial charge >= 0.3 is 0 Å². The van der Waals surface area contributed by atoms with Crippen LogP contribution in [0.1, 0.15) is 32.0 Å². The van der Waals surface area contributed by atoms with E-state index in [4.69, 9.17) is 9.26 Å². The Morgan fingerprint density at radius 2 is 2.17 bits per heavy atom. The van der Waals surface area contributed by atoms with E-state index in [0.717, 1.165) is 4.90 Å². The molecule has 1 fully saturated rings. The average Bonchev–Trinajstić information content (AvgIpc) is 2.78. The summed E-state index contributed by atoms with van der Waals surface area (Å²) >= 11 is 0. The van der Waals surface area contributed by atoms with E-state index in [1.54, 1.807) is 13.8 Å². The molecule has 0 atom stereocenters. The van der Waals surface area contributed by atoms with Crippen LogP contribution in [0.2, 0.25) is 0 Å². The van der Waals surface area contributed by atoms with Gasteiger partial charge in [-0.25, -0.2) is 0 Å². The molecule has 0 unspecified atom stereocenters. The van der Waals surface area contributed by atoms with Gasteiger partial charge in [0.2, 0.25) is 17.7 Å². The van der Waals surface area contributed by atoms with Crippen molar-refractivity contribution in [3.05, 3.63) is 11.7 Å². The highest BCUT2D eigenvalue weighted by molar-refractivity contribution is 6.05. The number of carbonyl (C=O) groups excluding carboxylic acids is 2. The van der Waals surface area contributed by atoms with Crippen LogP contribution in [0.3, 0.4) is 0 Å². The highest BCUT2D eigenvalue weighted by Gasteiger charge is 2.45. The first-order valence-corrected chi connectivity index (χ1v) is 5.59. The Kier molecular flexibility index (Phi) is 3.16. The van der Waals surface area contributed by atoms with Crippen molar-refractivity contribution in [1.82, 2.24) is 15.0 Å². The van der Waals surface area contributed by atoms with Gasteiger partial charge in [-0.1, -0.05) is 19.0 Å². The van der Waals surface area contributed by atoms with Gasteiger partial charge in [0.1, 0.15) is 13.2 Å². The molecule has 7 heteroatoms. The summed E-state index contributed by atoms with van der Waals surface area (Å²) in [6, 6.07) is 0. The number of carbonyl (C=O) groups is 2. The molecule has 0 N–H and O–H groups in total. The van der Waals surface area contributed by atoms with Crippen LogP contribution in [-0.4, -0.2) is 34.0 Å². The van der Waals surface area contributed by atoms with E-state index >= 15 is 0 Å². The Balaban J connectivity index is 2.09. The number of rotatable bonds is 4. The van der Waals surface area contributed by atoms with Gasteiger partial charge in [-0.3, -0.25) is 14.5 Å². The molecule has 18 heavy (non-hydrogen) atoms. The molecule has 0 radical (unpaired) electrons. The fraction of sp³-hybridized carbons (Fsp3) is 0.636. The fourth-order valence-electron chi connectivity index (χ4n) is 1.87. The van der Waals surface area contributed by atoms with Gasteiger partial charge in [-0.2, -0.15) is 4.98 Å². The monoisotopic (exact) mass is 253 g/mol. The molecule has 1 aliphatic rings. The summed E-state index contributed by atoms with van der Waals surface area (Å²) in [6.45, 7) is 3.75. The number of nitrogens with zero attached hydrogens (tertiary/aromatic N) is 3. The first kappa shape index (κ1) is 12.7. The van der Waals surface area contributed by atoms with Crippen molar-refractivity contribution < 1.29 is 18.8 Å². The third-order valence-electron chi connectivity index (χ3n) is 2.80. The quantitative estimate of drug-likeness (QED) is 0.726. The molecule has 1 aromatic heterocycles. The topological polar surface area (TPSA) is 85.5 Å². The van der Waals surface area contributed by atoms with Crippen LogP contribution in [0.4, 0.5) is 0 Å². The second kappa shape index (κ2) is 4.49. The average molecular weight is 253 g/mol. The molecule has 98 valence electrons. The molecule has 1 aromatic rings. The highest BCUT2D eigenvalue weighted by Crippen LogP contribution is 2.32. The zero-order chi connectivity index (χ0) is 13.3. The lowest BCUT2D eigenvalue weighted by Crippen LogP contribution is -2.32. The van der Waals surface area contributed by atoms with Gasteiger partial charge in [0.25, 0.3) is 0 Å². The minimum atomic E-state index is -0.646. The van der Waals surface area contributed by atoms with Crippen LogP contribution in [-0.2, 0) is 27.5 Å². The molecule has 2 rings (SSSR count). The van der Waals surface area contributed by atoms with Crippen molar-refractivity contribution in [2.45, 2.75) is 33.4 Å². The van der Waals surface area contributed by atoms with Crippen LogP contribution in [0.15, 0.2) is 4.52 Å². The molecular weight excluding hydrogens is 238 g/mol. The zero-order valence-corrected chi connectivity index (χ0v) is 10.6. The normalized spacial score (nSPS) is 18.7. The first-order valence-electron chi connectivity index (χ1n) is 5.59. The standard InChI is InChI=1S/C11H15N3O4/c1-11(2)4-9(15)14(10(11)16)5-8-12-7(6-17-3)13-18-8/h4-6H2,1-3H3. The molecule has 0 saturated carbocycles. The zero-order valence-electron chi connectivity index (χ0n) is 10.6. The largest absolute Gasteiger partial charge is 0.377 e. The highest BCUT2D eigenvalue weighted by atomic mass is 16.5. The number of aromatic nitrogens is 2. The maximum Gasteiger partial charge on any atom is 0.246 e. The lowest BCUT2D eigenvalue weighted by atomic mass is 9.92. The van der Waals surface area contributed by atoms with Gasteiger partial charge in [-0.05, 0) is 0 Å². The van der Waals surface area contributed by atoms with Crippen molar-refractivity contribution >= 4 is 11.8 Å². The summed E-state index contributed by atoms with van der Waals surface area (Å²) in [6.07, 6.45) is 0.213. The number of ether oxygens (including phenoxy) is 1. The van der Waals surface area contributed by atoms with Gasteiger partial charge in [0, 0.05) is 13.5 Å². The SMILES string of the molecule is COCc1noc(CN2C(=O)CC(C)(C)C2=O)n1. The second-order valence-electron chi connectivity index (χ2n) is 4.88. The molecule has 1 saturated heterocycles. The van der Waals surface area contributed by atoms with Crippen molar-refractivity contribution in [1.29, 1.82) is 0 Å². The van der Waals surface area contributed by atoms with E-state index in [2.05, 4.69) is 10.1 Å². The van der Waals surface area contributed by atoms with Crippen molar-refractivity contribution in [3.63, 3.8) is 0 Å². The Labute approximate surface area is 104 Å². The number of hydrogen-bond donors (Lipinski definition) is 0. The lowest BCUT2D eigenvalue weighted by Gasteiger charge is -2.15. The predicted molar refractivity (Wildman–Crippen MR) is 59.0 cm³/mol. The summed E-state index contributed by atoms with van der Waals surface area (Å²) < 4.78 is 9.81. The number of likely N-dealkylation sites (tertiary alicyclic amines) is 1. The van der Waals surface area contributed by atoms with Crippen LogP contribution >= 0.6 is 0 Å². The molecule has 0 bridgehead atoms. The number of amides is 2. The van der Waals surface area contributed by atoms with Gasteiger partial charge in [0.05, 0.1) is 5.41 Å². The van der Waals surface area contributed by atoms with E-state index in [9.17, 15) is 9.59 Å².